The number of nitrogens with zero attached hydrogens (tertiary/aromatic N) is 2. The smallest absolute Gasteiger partial charge is 0.286 e. The van der Waals surface area contributed by atoms with E-state index in [-0.39, 0.29) is 36.4 Å². The summed E-state index contributed by atoms with van der Waals surface area (Å²) in [5.74, 6) is -0.355. The molecule has 0 atom stereocenters. The van der Waals surface area contributed by atoms with Gasteiger partial charge in [-0.1, -0.05) is 0 Å². The maximum atomic E-state index is 13.3. The van der Waals surface area contributed by atoms with E-state index in [1.807, 2.05) is 25.3 Å². The van der Waals surface area contributed by atoms with Gasteiger partial charge in [0, 0.05) is 24.7 Å². The van der Waals surface area contributed by atoms with Crippen LogP contribution in [0.5, 0.6) is 0 Å². The van der Waals surface area contributed by atoms with Crippen molar-refractivity contribution in [2.45, 2.75) is 13.3 Å². The van der Waals surface area contributed by atoms with E-state index in [0.717, 1.165) is 5.56 Å². The van der Waals surface area contributed by atoms with Crippen molar-refractivity contribution in [1.29, 1.82) is 0 Å². The molecule has 4 rings (SSSR count). The van der Waals surface area contributed by atoms with Gasteiger partial charge in [-0.25, -0.2) is 9.37 Å². The maximum absolute atomic E-state index is 13.3. The van der Waals surface area contributed by atoms with Crippen LogP contribution in [0.25, 0.3) is 16.9 Å². The van der Waals surface area contributed by atoms with Gasteiger partial charge < -0.3 is 15.1 Å². The van der Waals surface area contributed by atoms with Crippen LogP contribution in [-0.4, -0.2) is 27.7 Å². The van der Waals surface area contributed by atoms with Crippen LogP contribution in [0.4, 0.5) is 10.2 Å². The Morgan fingerprint density at radius 2 is 1.97 bits per heavy atom. The molecule has 0 saturated heterocycles. The lowest BCUT2D eigenvalue weighted by Gasteiger charge is -2.09. The highest BCUT2D eigenvalue weighted by Gasteiger charge is 2.17. The molecule has 8 heteroatoms. The SMILES string of the molecule is Cc1ccn2c(NC(=O)CCNC(=O)c3ccco3)c(-c3ccc(F)cc3)nc2c1. The third kappa shape index (κ3) is 4.07. The number of rotatable bonds is 6. The Labute approximate surface area is 171 Å². The number of halogens is 1. The highest BCUT2D eigenvalue weighted by atomic mass is 19.1. The van der Waals surface area contributed by atoms with Crippen molar-refractivity contribution in [3.8, 4) is 11.3 Å². The standard InChI is InChI=1S/C22H19FN4O3/c1-14-9-11-27-18(13-14)25-20(15-4-6-16(23)7-5-15)21(27)26-19(28)8-10-24-22(29)17-3-2-12-30-17/h2-7,9,11-13H,8,10H2,1H3,(H,24,29)(H,26,28). The van der Waals surface area contributed by atoms with Crippen molar-refractivity contribution in [2.75, 3.05) is 11.9 Å². The van der Waals surface area contributed by atoms with Crippen molar-refractivity contribution in [3.63, 3.8) is 0 Å². The van der Waals surface area contributed by atoms with Crippen molar-refractivity contribution in [2.24, 2.45) is 0 Å². The summed E-state index contributed by atoms with van der Waals surface area (Å²) in [6, 6.07) is 12.9. The number of hydrogen-bond donors (Lipinski definition) is 2. The Hall–Kier alpha value is -3.94. The normalized spacial score (nSPS) is 10.9. The molecule has 3 heterocycles. The number of benzene rings is 1. The molecule has 30 heavy (non-hydrogen) atoms. The van der Waals surface area contributed by atoms with Crippen molar-refractivity contribution in [3.05, 3.63) is 78.1 Å². The van der Waals surface area contributed by atoms with Gasteiger partial charge in [0.2, 0.25) is 5.91 Å². The molecular weight excluding hydrogens is 387 g/mol. The molecule has 0 aliphatic rings. The predicted octanol–water partition coefficient (Wildman–Crippen LogP) is 3.80. The third-order valence-electron chi connectivity index (χ3n) is 4.54. The van der Waals surface area contributed by atoms with Crippen LogP contribution in [-0.2, 0) is 4.79 Å². The first kappa shape index (κ1) is 19.4. The molecule has 1 aromatic carbocycles. The number of hydrogen-bond acceptors (Lipinski definition) is 4. The molecule has 0 fully saturated rings. The fourth-order valence-corrected chi connectivity index (χ4v) is 3.05. The Morgan fingerprint density at radius 3 is 2.70 bits per heavy atom. The number of aryl methyl sites for hydroxylation is 1. The second-order valence-electron chi connectivity index (χ2n) is 6.78. The summed E-state index contributed by atoms with van der Waals surface area (Å²) in [7, 11) is 0. The summed E-state index contributed by atoms with van der Waals surface area (Å²) >= 11 is 0. The van der Waals surface area contributed by atoms with Gasteiger partial charge in [0.05, 0.1) is 6.26 Å². The van der Waals surface area contributed by atoms with E-state index in [0.29, 0.717) is 22.7 Å². The maximum Gasteiger partial charge on any atom is 0.286 e. The van der Waals surface area contributed by atoms with Gasteiger partial charge in [-0.15, -0.1) is 0 Å². The molecule has 2 amide bonds. The van der Waals surface area contributed by atoms with Gasteiger partial charge in [-0.05, 0) is 61.0 Å². The number of furan rings is 1. The lowest BCUT2D eigenvalue weighted by molar-refractivity contribution is -0.116. The van der Waals surface area contributed by atoms with E-state index in [9.17, 15) is 14.0 Å². The molecular formula is C22H19FN4O3. The first-order valence-corrected chi connectivity index (χ1v) is 9.37. The second-order valence-corrected chi connectivity index (χ2v) is 6.78. The zero-order valence-electron chi connectivity index (χ0n) is 16.2. The first-order valence-electron chi connectivity index (χ1n) is 9.37. The van der Waals surface area contributed by atoms with Crippen molar-refractivity contribution in [1.82, 2.24) is 14.7 Å². The number of nitrogens with one attached hydrogen (secondary N) is 2. The number of carbonyl (C=O) groups excluding carboxylic acids is 2. The topological polar surface area (TPSA) is 88.6 Å². The molecule has 0 aliphatic carbocycles. The van der Waals surface area contributed by atoms with Crippen LogP contribution >= 0.6 is 0 Å². The fourth-order valence-electron chi connectivity index (χ4n) is 3.05. The van der Waals surface area contributed by atoms with E-state index in [1.165, 1.54) is 18.4 Å². The van der Waals surface area contributed by atoms with Crippen molar-refractivity contribution >= 4 is 23.3 Å². The summed E-state index contributed by atoms with van der Waals surface area (Å²) in [6.45, 7) is 2.10. The Kier molecular flexibility index (Phi) is 5.30. The van der Waals surface area contributed by atoms with Gasteiger partial charge in [0.1, 0.15) is 23.0 Å². The summed E-state index contributed by atoms with van der Waals surface area (Å²) in [6.07, 6.45) is 3.29. The van der Waals surface area contributed by atoms with Crippen molar-refractivity contribution < 1.29 is 18.4 Å². The van der Waals surface area contributed by atoms with E-state index in [1.54, 1.807) is 28.7 Å². The molecule has 0 bridgehead atoms. The van der Waals surface area contributed by atoms with Crippen LogP contribution in [0.2, 0.25) is 0 Å². The van der Waals surface area contributed by atoms with Gasteiger partial charge in [0.15, 0.2) is 5.76 Å². The summed E-state index contributed by atoms with van der Waals surface area (Å²) in [5.41, 5.74) is 2.90. The highest BCUT2D eigenvalue weighted by molar-refractivity contribution is 5.95. The Balaban J connectivity index is 1.53. The zero-order valence-corrected chi connectivity index (χ0v) is 16.2. The Morgan fingerprint density at radius 1 is 1.17 bits per heavy atom. The quantitative estimate of drug-likeness (QED) is 0.510. The number of anilines is 1. The molecule has 0 saturated carbocycles. The monoisotopic (exact) mass is 406 g/mol. The van der Waals surface area contributed by atoms with Crippen LogP contribution in [0, 0.1) is 12.7 Å². The molecule has 0 unspecified atom stereocenters. The first-order chi connectivity index (χ1) is 14.5. The number of pyridine rings is 1. The fraction of sp³-hybridized carbons (Fsp3) is 0.136. The largest absolute Gasteiger partial charge is 0.459 e. The lowest BCUT2D eigenvalue weighted by Crippen LogP contribution is -2.27. The molecule has 0 radical (unpaired) electrons. The van der Waals surface area contributed by atoms with Crippen LogP contribution in [0.15, 0.2) is 65.4 Å². The van der Waals surface area contributed by atoms with Crippen LogP contribution in [0.3, 0.4) is 0 Å². The van der Waals surface area contributed by atoms with Crippen LogP contribution in [0.1, 0.15) is 22.5 Å². The average molecular weight is 406 g/mol. The lowest BCUT2D eigenvalue weighted by atomic mass is 10.1. The molecule has 0 aliphatic heterocycles. The number of aromatic nitrogens is 2. The molecule has 4 aromatic rings. The van der Waals surface area contributed by atoms with Gasteiger partial charge in [0.25, 0.3) is 5.91 Å². The highest BCUT2D eigenvalue weighted by Crippen LogP contribution is 2.29. The van der Waals surface area contributed by atoms with Gasteiger partial charge in [-0.2, -0.15) is 0 Å². The Bertz CT molecular complexity index is 1200. The third-order valence-corrected chi connectivity index (χ3v) is 4.54. The molecule has 2 N–H and O–H groups in total. The molecule has 0 spiro atoms. The van der Waals surface area contributed by atoms with E-state index in [2.05, 4.69) is 15.6 Å². The number of amides is 2. The number of imidazole rings is 1. The molecule has 152 valence electrons. The number of carbonyl (C=O) groups is 2. The minimum Gasteiger partial charge on any atom is -0.459 e. The van der Waals surface area contributed by atoms with E-state index in [4.69, 9.17) is 4.42 Å². The zero-order chi connectivity index (χ0) is 21.1. The molecule has 3 aromatic heterocycles. The minimum absolute atomic E-state index is 0.0639. The average Bonchev–Trinajstić information content (AvgIpc) is 3.37. The van der Waals surface area contributed by atoms with E-state index >= 15 is 0 Å². The minimum atomic E-state index is -0.384. The summed E-state index contributed by atoms with van der Waals surface area (Å²) in [5, 5.41) is 5.50. The van der Waals surface area contributed by atoms with Gasteiger partial charge >= 0.3 is 0 Å². The molecule has 7 nitrogen and oxygen atoms in total. The number of fused-ring (bicyclic) bond motifs is 1. The van der Waals surface area contributed by atoms with Gasteiger partial charge in [-0.3, -0.25) is 14.0 Å². The summed E-state index contributed by atoms with van der Waals surface area (Å²) in [4.78, 5) is 29.0. The second kappa shape index (κ2) is 8.20. The van der Waals surface area contributed by atoms with Crippen LogP contribution < -0.4 is 10.6 Å². The predicted molar refractivity (Wildman–Crippen MR) is 110 cm³/mol. The van der Waals surface area contributed by atoms with E-state index < -0.39 is 0 Å². The summed E-state index contributed by atoms with van der Waals surface area (Å²) < 4.78 is 20.1.